The van der Waals surface area contributed by atoms with Crippen LogP contribution in [-0.4, -0.2) is 99.2 Å². The lowest BCUT2D eigenvalue weighted by Gasteiger charge is -2.61. The SMILES string of the molecule is CC(=O)O[C@@H]1C[C@@]23C[C@@]24CC[C@H](O[C@@H]2OC[C@@H](O)[C@H](O)[C@H]2O)C(C)(C)[C@@H]4CC=C3[C@]2(C)C[C@]3(O)O[C@H](C(=O)[C@@H]4OC4(C)C)[C@@H](C)[C@@H]3[C@@]12C. The normalized spacial score (nSPS) is 56.8. The second-order valence-corrected chi connectivity index (χ2v) is 18.4. The van der Waals surface area contributed by atoms with Gasteiger partial charge < -0.3 is 44.1 Å². The molecule has 0 bridgehead atoms. The predicted octanol–water partition coefficient (Wildman–Crippen LogP) is 2.79. The van der Waals surface area contributed by atoms with E-state index in [4.69, 9.17) is 23.7 Å². The zero-order valence-electron chi connectivity index (χ0n) is 29.5. The summed E-state index contributed by atoms with van der Waals surface area (Å²) in [5.74, 6) is -2.55. The van der Waals surface area contributed by atoms with Gasteiger partial charge in [-0.25, -0.2) is 0 Å². The molecular formula is C37H54O11. The number of carbonyl (C=O) groups excluding carboxylic acids is 2. The van der Waals surface area contributed by atoms with Crippen LogP contribution in [-0.2, 0) is 33.3 Å². The molecule has 0 aromatic rings. The molecule has 0 amide bonds. The number of epoxide rings is 1. The predicted molar refractivity (Wildman–Crippen MR) is 169 cm³/mol. The maximum absolute atomic E-state index is 13.6. The van der Waals surface area contributed by atoms with Crippen molar-refractivity contribution in [2.75, 3.05) is 6.61 Å². The van der Waals surface area contributed by atoms with Gasteiger partial charge in [0.15, 0.2) is 17.9 Å². The molecule has 3 aliphatic heterocycles. The van der Waals surface area contributed by atoms with Crippen LogP contribution in [0.3, 0.4) is 0 Å². The van der Waals surface area contributed by atoms with Crippen molar-refractivity contribution in [3.8, 4) is 0 Å². The van der Waals surface area contributed by atoms with Gasteiger partial charge >= 0.3 is 5.97 Å². The minimum atomic E-state index is -1.56. The molecule has 0 aromatic carbocycles. The van der Waals surface area contributed by atoms with E-state index in [0.717, 1.165) is 25.7 Å². The summed E-state index contributed by atoms with van der Waals surface area (Å²) < 4.78 is 30.6. The smallest absolute Gasteiger partial charge is 0.302 e. The van der Waals surface area contributed by atoms with Crippen molar-refractivity contribution in [2.45, 2.75) is 154 Å². The van der Waals surface area contributed by atoms with Crippen LogP contribution < -0.4 is 0 Å². The Kier molecular flexibility index (Phi) is 6.95. The highest BCUT2D eigenvalue weighted by molar-refractivity contribution is 5.91. The number of esters is 1. The molecule has 0 radical (unpaired) electrons. The van der Waals surface area contributed by atoms with E-state index < -0.39 is 71.0 Å². The van der Waals surface area contributed by atoms with Gasteiger partial charge in [-0.2, -0.15) is 0 Å². The first-order chi connectivity index (χ1) is 22.2. The first-order valence-electron chi connectivity index (χ1n) is 18.0. The van der Waals surface area contributed by atoms with E-state index in [2.05, 4.69) is 33.8 Å². The average molecular weight is 675 g/mol. The van der Waals surface area contributed by atoms with E-state index in [0.29, 0.717) is 12.8 Å². The van der Waals surface area contributed by atoms with Crippen LogP contribution in [0.5, 0.6) is 0 Å². The summed E-state index contributed by atoms with van der Waals surface area (Å²) in [7, 11) is 0. The van der Waals surface area contributed by atoms with Gasteiger partial charge in [0.1, 0.15) is 36.6 Å². The van der Waals surface area contributed by atoms with Gasteiger partial charge in [-0.05, 0) is 68.6 Å². The highest BCUT2D eigenvalue weighted by Gasteiger charge is 2.86. The molecule has 48 heavy (non-hydrogen) atoms. The maximum Gasteiger partial charge on any atom is 0.302 e. The third kappa shape index (κ3) is 3.99. The molecule has 8 aliphatic rings. The third-order valence-corrected chi connectivity index (χ3v) is 15.4. The van der Waals surface area contributed by atoms with Crippen molar-refractivity contribution in [3.63, 3.8) is 0 Å². The van der Waals surface area contributed by atoms with Crippen molar-refractivity contribution >= 4 is 11.8 Å². The number of carbonyl (C=O) groups is 2. The highest BCUT2D eigenvalue weighted by Crippen LogP contribution is 2.89. The summed E-state index contributed by atoms with van der Waals surface area (Å²) in [6.45, 7) is 15.9. The largest absolute Gasteiger partial charge is 0.462 e. The average Bonchev–Trinajstić information content (AvgIpc) is 3.79. The van der Waals surface area contributed by atoms with Gasteiger partial charge in [0.2, 0.25) is 0 Å². The number of fused-ring (bicyclic) bond motifs is 4. The molecule has 0 unspecified atom stereocenters. The molecule has 268 valence electrons. The van der Waals surface area contributed by atoms with Crippen molar-refractivity contribution in [1.82, 2.24) is 0 Å². The van der Waals surface area contributed by atoms with Crippen LogP contribution >= 0.6 is 0 Å². The van der Waals surface area contributed by atoms with Crippen LogP contribution in [0.4, 0.5) is 0 Å². The molecule has 11 heteroatoms. The van der Waals surface area contributed by atoms with E-state index in [1.807, 2.05) is 20.8 Å². The molecule has 3 heterocycles. The number of ketones is 1. The van der Waals surface area contributed by atoms with E-state index in [-0.39, 0.29) is 52.5 Å². The first kappa shape index (κ1) is 33.7. The maximum atomic E-state index is 13.6. The molecule has 16 atom stereocenters. The van der Waals surface area contributed by atoms with Crippen LogP contribution in [0.25, 0.3) is 0 Å². The Morgan fingerprint density at radius 2 is 1.67 bits per heavy atom. The lowest BCUT2D eigenvalue weighted by atomic mass is 9.44. The molecule has 5 aliphatic carbocycles. The number of rotatable bonds is 5. The molecule has 2 spiro atoms. The second kappa shape index (κ2) is 9.91. The lowest BCUT2D eigenvalue weighted by Crippen LogP contribution is -2.60. The molecule has 8 rings (SSSR count). The minimum absolute atomic E-state index is 0.0505. The third-order valence-electron chi connectivity index (χ3n) is 15.4. The monoisotopic (exact) mass is 674 g/mol. The van der Waals surface area contributed by atoms with Crippen molar-refractivity contribution < 1.29 is 53.7 Å². The standard InChI is InChI=1S/C37H54O11/c1-17-27(26(42)29-32(5,6)48-29)47-37(43)15-33(7)21-10-9-20-31(3,4)22(46-30-25(41)24(40)19(39)14-44-30)11-12-35(20)16-36(21,35)13-23(45-18(2)38)34(33,8)28(17)37/h10,17,19-20,22-25,27-30,39-41,43H,9,11-16H2,1-8H3/t17-,19-,20+,22+,23-,24+,25-,27+,28-,29+,30+,33+,34-,35-,36+,37+/m1/s1. The summed E-state index contributed by atoms with van der Waals surface area (Å²) in [6, 6.07) is 0. The summed E-state index contributed by atoms with van der Waals surface area (Å²) in [5, 5.41) is 43.3. The Morgan fingerprint density at radius 1 is 0.979 bits per heavy atom. The quantitative estimate of drug-likeness (QED) is 0.193. The molecule has 11 nitrogen and oxygen atoms in total. The Morgan fingerprint density at radius 3 is 2.31 bits per heavy atom. The van der Waals surface area contributed by atoms with E-state index in [1.165, 1.54) is 12.5 Å². The Bertz CT molecular complexity index is 1460. The molecule has 4 saturated carbocycles. The van der Waals surface area contributed by atoms with E-state index in [9.17, 15) is 30.0 Å². The second-order valence-electron chi connectivity index (χ2n) is 18.4. The van der Waals surface area contributed by atoms with Crippen LogP contribution in [0.1, 0.15) is 93.9 Å². The van der Waals surface area contributed by atoms with E-state index in [1.54, 1.807) is 0 Å². The minimum Gasteiger partial charge on any atom is -0.462 e. The summed E-state index contributed by atoms with van der Waals surface area (Å²) in [4.78, 5) is 26.4. The Balaban J connectivity index is 1.13. The zero-order chi connectivity index (χ0) is 34.8. The Hall–Kier alpha value is -1.44. The molecule has 7 fully saturated rings. The first-order valence-corrected chi connectivity index (χ1v) is 18.0. The van der Waals surface area contributed by atoms with Gasteiger partial charge in [-0.15, -0.1) is 0 Å². The van der Waals surface area contributed by atoms with E-state index >= 15 is 0 Å². The molecular weight excluding hydrogens is 620 g/mol. The van der Waals surface area contributed by atoms with Crippen LogP contribution in [0.2, 0.25) is 0 Å². The van der Waals surface area contributed by atoms with Gasteiger partial charge in [0.05, 0.1) is 18.3 Å². The fraction of sp³-hybridized carbons (Fsp3) is 0.892. The van der Waals surface area contributed by atoms with Gasteiger partial charge in [0.25, 0.3) is 0 Å². The number of aliphatic hydroxyl groups is 4. The summed E-state index contributed by atoms with van der Waals surface area (Å²) >= 11 is 0. The number of hydrogen-bond donors (Lipinski definition) is 4. The molecule has 0 aromatic heterocycles. The van der Waals surface area contributed by atoms with Crippen molar-refractivity contribution in [2.24, 2.45) is 44.8 Å². The topological polar surface area (TPSA) is 165 Å². The number of ether oxygens (including phenoxy) is 5. The number of aliphatic hydroxyl groups excluding tert-OH is 3. The number of hydrogen-bond acceptors (Lipinski definition) is 11. The lowest BCUT2D eigenvalue weighted by molar-refractivity contribution is -0.300. The van der Waals surface area contributed by atoms with Crippen LogP contribution in [0, 0.1) is 44.8 Å². The van der Waals surface area contributed by atoms with Crippen molar-refractivity contribution in [1.29, 1.82) is 0 Å². The van der Waals surface area contributed by atoms with Gasteiger partial charge in [-0.3, -0.25) is 9.59 Å². The fourth-order valence-corrected chi connectivity index (χ4v) is 13.1. The zero-order valence-corrected chi connectivity index (χ0v) is 29.5. The van der Waals surface area contributed by atoms with Crippen LogP contribution in [0.15, 0.2) is 11.6 Å². The highest BCUT2D eigenvalue weighted by atomic mass is 16.7. The number of Topliss-reactive ketones (excluding diaryl/α,β-unsaturated/α-hetero) is 1. The van der Waals surface area contributed by atoms with Crippen molar-refractivity contribution in [3.05, 3.63) is 11.6 Å². The Labute approximate surface area is 282 Å². The molecule has 3 saturated heterocycles. The summed E-state index contributed by atoms with van der Waals surface area (Å²) in [6.07, 6.45) is -0.212. The number of allylic oxidation sites excluding steroid dienone is 2. The van der Waals surface area contributed by atoms with Gasteiger partial charge in [-0.1, -0.05) is 46.3 Å². The fourth-order valence-electron chi connectivity index (χ4n) is 13.1. The summed E-state index contributed by atoms with van der Waals surface area (Å²) in [5.41, 5.74) is -1.02. The molecule has 4 N–H and O–H groups in total. The van der Waals surface area contributed by atoms with Gasteiger partial charge in [0, 0.05) is 35.5 Å².